The molecule has 2 rings (SSSR count). The molecule has 0 fully saturated rings. The van der Waals surface area contributed by atoms with E-state index in [4.69, 9.17) is 4.74 Å². The number of amides is 1. The van der Waals surface area contributed by atoms with Crippen molar-refractivity contribution in [2.24, 2.45) is 0 Å². The van der Waals surface area contributed by atoms with Gasteiger partial charge in [-0.3, -0.25) is 9.10 Å². The zero-order chi connectivity index (χ0) is 21.4. The fourth-order valence-electron chi connectivity index (χ4n) is 2.70. The standard InChI is InChI=1S/C21H28N2O4S2/c1-16-5-8-18(9-6-16)15-28-12-11-22-21(24)14-23(29(4,25)26)19-13-17(2)7-10-20(19)27-3/h5-10,13H,11-12,14-15H2,1-4H3,(H,22,24). The van der Waals surface area contributed by atoms with Gasteiger partial charge >= 0.3 is 0 Å². The van der Waals surface area contributed by atoms with Gasteiger partial charge in [-0.25, -0.2) is 8.42 Å². The molecular formula is C21H28N2O4S2. The molecular weight excluding hydrogens is 408 g/mol. The van der Waals surface area contributed by atoms with Gasteiger partial charge in [-0.05, 0) is 37.1 Å². The Balaban J connectivity index is 1.90. The van der Waals surface area contributed by atoms with Crippen LogP contribution in [0.5, 0.6) is 5.75 Å². The second kappa shape index (κ2) is 10.5. The molecule has 6 nitrogen and oxygen atoms in total. The fraction of sp³-hybridized carbons (Fsp3) is 0.381. The molecule has 0 radical (unpaired) electrons. The van der Waals surface area contributed by atoms with Crippen LogP contribution in [-0.4, -0.2) is 46.5 Å². The van der Waals surface area contributed by atoms with Gasteiger partial charge < -0.3 is 10.1 Å². The number of hydrogen-bond acceptors (Lipinski definition) is 5. The topological polar surface area (TPSA) is 75.7 Å². The van der Waals surface area contributed by atoms with Gasteiger partial charge in [-0.2, -0.15) is 11.8 Å². The second-order valence-corrected chi connectivity index (χ2v) is 9.85. The maximum absolute atomic E-state index is 12.4. The normalized spacial score (nSPS) is 11.2. The van der Waals surface area contributed by atoms with Crippen LogP contribution in [0, 0.1) is 13.8 Å². The van der Waals surface area contributed by atoms with Crippen LogP contribution in [-0.2, 0) is 20.6 Å². The molecule has 2 aromatic carbocycles. The molecule has 0 bridgehead atoms. The number of hydrogen-bond donors (Lipinski definition) is 1. The molecule has 0 saturated carbocycles. The van der Waals surface area contributed by atoms with Crippen LogP contribution in [0.1, 0.15) is 16.7 Å². The van der Waals surface area contributed by atoms with Gasteiger partial charge in [0, 0.05) is 18.1 Å². The van der Waals surface area contributed by atoms with E-state index in [9.17, 15) is 13.2 Å². The molecule has 0 aliphatic carbocycles. The summed E-state index contributed by atoms with van der Waals surface area (Å²) in [6, 6.07) is 13.6. The van der Waals surface area contributed by atoms with Crippen LogP contribution < -0.4 is 14.4 Å². The molecule has 0 aromatic heterocycles. The largest absolute Gasteiger partial charge is 0.495 e. The van der Waals surface area contributed by atoms with Crippen LogP contribution in [0.25, 0.3) is 0 Å². The van der Waals surface area contributed by atoms with Crippen molar-refractivity contribution in [1.82, 2.24) is 5.32 Å². The van der Waals surface area contributed by atoms with Crippen molar-refractivity contribution in [3.05, 3.63) is 59.2 Å². The molecule has 29 heavy (non-hydrogen) atoms. The highest BCUT2D eigenvalue weighted by atomic mass is 32.2. The van der Waals surface area contributed by atoms with Crippen molar-refractivity contribution in [1.29, 1.82) is 0 Å². The van der Waals surface area contributed by atoms with Crippen molar-refractivity contribution in [2.75, 3.05) is 36.5 Å². The van der Waals surface area contributed by atoms with Crippen LogP contribution in [0.2, 0.25) is 0 Å². The van der Waals surface area contributed by atoms with E-state index in [0.29, 0.717) is 18.0 Å². The van der Waals surface area contributed by atoms with E-state index in [0.717, 1.165) is 27.6 Å². The van der Waals surface area contributed by atoms with Crippen molar-refractivity contribution in [3.63, 3.8) is 0 Å². The van der Waals surface area contributed by atoms with Crippen molar-refractivity contribution in [3.8, 4) is 5.75 Å². The van der Waals surface area contributed by atoms with Gasteiger partial charge in [0.05, 0.1) is 19.1 Å². The Morgan fingerprint density at radius 3 is 2.38 bits per heavy atom. The van der Waals surface area contributed by atoms with Gasteiger partial charge in [0.15, 0.2) is 0 Å². The maximum atomic E-state index is 12.4. The van der Waals surface area contributed by atoms with E-state index in [1.807, 2.05) is 13.0 Å². The lowest BCUT2D eigenvalue weighted by Gasteiger charge is -2.24. The van der Waals surface area contributed by atoms with Gasteiger partial charge in [0.1, 0.15) is 12.3 Å². The Morgan fingerprint density at radius 2 is 1.76 bits per heavy atom. The highest BCUT2D eigenvalue weighted by Gasteiger charge is 2.24. The SMILES string of the molecule is COc1ccc(C)cc1N(CC(=O)NCCSCc1ccc(C)cc1)S(C)(=O)=O. The van der Waals surface area contributed by atoms with Crippen LogP contribution in [0.4, 0.5) is 5.69 Å². The lowest BCUT2D eigenvalue weighted by atomic mass is 10.2. The van der Waals surface area contributed by atoms with E-state index in [2.05, 4.69) is 36.5 Å². The van der Waals surface area contributed by atoms with Gasteiger partial charge in [0.25, 0.3) is 0 Å². The van der Waals surface area contributed by atoms with Gasteiger partial charge in [0.2, 0.25) is 15.9 Å². The molecule has 2 aromatic rings. The molecule has 0 spiro atoms. The predicted octanol–water partition coefficient (Wildman–Crippen LogP) is 3.13. The number of aryl methyl sites for hydroxylation is 2. The van der Waals surface area contributed by atoms with E-state index in [-0.39, 0.29) is 12.5 Å². The summed E-state index contributed by atoms with van der Waals surface area (Å²) in [4.78, 5) is 12.4. The molecule has 0 atom stereocenters. The Hall–Kier alpha value is -2.19. The summed E-state index contributed by atoms with van der Waals surface area (Å²) in [6.45, 7) is 4.09. The minimum absolute atomic E-state index is 0.290. The van der Waals surface area contributed by atoms with Crippen molar-refractivity contribution < 1.29 is 17.9 Å². The minimum atomic E-state index is -3.65. The third-order valence-electron chi connectivity index (χ3n) is 4.25. The summed E-state index contributed by atoms with van der Waals surface area (Å²) in [5.41, 5.74) is 3.70. The summed E-state index contributed by atoms with van der Waals surface area (Å²) in [7, 11) is -2.18. The van der Waals surface area contributed by atoms with Gasteiger partial charge in [-0.1, -0.05) is 35.9 Å². The first kappa shape index (κ1) is 23.1. The Morgan fingerprint density at radius 1 is 1.10 bits per heavy atom. The van der Waals surface area contributed by atoms with Crippen molar-refractivity contribution in [2.45, 2.75) is 19.6 Å². The number of benzene rings is 2. The molecule has 0 unspecified atom stereocenters. The van der Waals surface area contributed by atoms with Crippen molar-refractivity contribution >= 4 is 33.4 Å². The molecule has 1 N–H and O–H groups in total. The number of carbonyl (C=O) groups excluding carboxylic acids is 1. The maximum Gasteiger partial charge on any atom is 0.240 e. The Kier molecular flexibility index (Phi) is 8.40. The quantitative estimate of drug-likeness (QED) is 0.579. The number of thioether (sulfide) groups is 1. The zero-order valence-electron chi connectivity index (χ0n) is 17.3. The average Bonchev–Trinajstić information content (AvgIpc) is 2.66. The minimum Gasteiger partial charge on any atom is -0.495 e. The third kappa shape index (κ3) is 7.29. The zero-order valence-corrected chi connectivity index (χ0v) is 18.9. The molecule has 8 heteroatoms. The smallest absolute Gasteiger partial charge is 0.240 e. The monoisotopic (exact) mass is 436 g/mol. The predicted molar refractivity (Wildman–Crippen MR) is 120 cm³/mol. The van der Waals surface area contributed by atoms with Crippen LogP contribution in [0.3, 0.4) is 0 Å². The molecule has 158 valence electrons. The number of nitrogens with one attached hydrogen (secondary N) is 1. The number of ether oxygens (including phenoxy) is 1. The number of anilines is 1. The summed E-state index contributed by atoms with van der Waals surface area (Å²) < 4.78 is 30.9. The lowest BCUT2D eigenvalue weighted by molar-refractivity contribution is -0.119. The van der Waals surface area contributed by atoms with Crippen LogP contribution in [0.15, 0.2) is 42.5 Å². The lowest BCUT2D eigenvalue weighted by Crippen LogP contribution is -2.41. The highest BCUT2D eigenvalue weighted by Crippen LogP contribution is 2.30. The first-order valence-corrected chi connectivity index (χ1v) is 12.2. The summed E-state index contributed by atoms with van der Waals surface area (Å²) in [5, 5.41) is 2.80. The van der Waals surface area contributed by atoms with E-state index >= 15 is 0 Å². The molecule has 0 aliphatic rings. The number of nitrogens with zero attached hydrogens (tertiary/aromatic N) is 1. The summed E-state index contributed by atoms with van der Waals surface area (Å²) in [5.74, 6) is 1.66. The van der Waals surface area contributed by atoms with E-state index in [1.165, 1.54) is 18.2 Å². The summed E-state index contributed by atoms with van der Waals surface area (Å²) in [6.07, 6.45) is 1.08. The number of sulfonamides is 1. The molecule has 0 aliphatic heterocycles. The first-order chi connectivity index (χ1) is 13.7. The second-order valence-electron chi connectivity index (χ2n) is 6.83. The Bertz CT molecular complexity index is 928. The number of methoxy groups -OCH3 is 1. The van der Waals surface area contributed by atoms with Crippen LogP contribution >= 0.6 is 11.8 Å². The number of rotatable bonds is 10. The van der Waals surface area contributed by atoms with E-state index in [1.54, 1.807) is 23.9 Å². The fourth-order valence-corrected chi connectivity index (χ4v) is 4.37. The third-order valence-corrected chi connectivity index (χ3v) is 6.41. The van der Waals surface area contributed by atoms with Gasteiger partial charge in [-0.15, -0.1) is 0 Å². The first-order valence-electron chi connectivity index (χ1n) is 9.23. The van der Waals surface area contributed by atoms with E-state index < -0.39 is 10.0 Å². The highest BCUT2D eigenvalue weighted by molar-refractivity contribution is 7.98. The number of carbonyl (C=O) groups is 1. The Labute approximate surface area is 177 Å². The molecule has 1 amide bonds. The summed E-state index contributed by atoms with van der Waals surface area (Å²) >= 11 is 1.72. The molecule has 0 saturated heterocycles. The average molecular weight is 437 g/mol. The molecule has 0 heterocycles.